The summed E-state index contributed by atoms with van der Waals surface area (Å²) in [6.45, 7) is 3.48. The second-order valence-electron chi connectivity index (χ2n) is 3.36. The molecule has 0 aromatic heterocycles. The molecule has 0 amide bonds. The van der Waals surface area contributed by atoms with E-state index in [1.54, 1.807) is 0 Å². The normalized spacial score (nSPS) is 11.9. The van der Waals surface area contributed by atoms with Crippen molar-refractivity contribution in [1.29, 1.82) is 0 Å². The lowest BCUT2D eigenvalue weighted by molar-refractivity contribution is -0.138. The van der Waals surface area contributed by atoms with E-state index in [9.17, 15) is 9.59 Å². The first-order valence-corrected chi connectivity index (χ1v) is 5.05. The van der Waals surface area contributed by atoms with Crippen molar-refractivity contribution in [3.05, 3.63) is 11.1 Å². The minimum absolute atomic E-state index is 0.0814. The molecule has 0 heterocycles. The van der Waals surface area contributed by atoms with Crippen LogP contribution in [0.2, 0.25) is 0 Å². The maximum atomic E-state index is 11.3. The maximum absolute atomic E-state index is 11.3. The number of ether oxygens (including phenoxy) is 1. The van der Waals surface area contributed by atoms with Crippen LogP contribution in [-0.4, -0.2) is 24.2 Å². The van der Waals surface area contributed by atoms with Crippen LogP contribution < -0.4 is 0 Å². The molecule has 0 aromatic rings. The Morgan fingerprint density at radius 3 is 2.27 bits per heavy atom. The van der Waals surface area contributed by atoms with E-state index in [1.807, 2.05) is 6.92 Å². The molecule has 0 aliphatic heterocycles. The Balaban J connectivity index is 4.66. The predicted octanol–water partition coefficient (Wildman–Crippen LogP) is 2.14. The van der Waals surface area contributed by atoms with E-state index in [0.29, 0.717) is 6.42 Å². The zero-order valence-electron chi connectivity index (χ0n) is 9.50. The van der Waals surface area contributed by atoms with Crippen molar-refractivity contribution in [3.8, 4) is 0 Å². The molecule has 0 fully saturated rings. The summed E-state index contributed by atoms with van der Waals surface area (Å²) in [6, 6.07) is 0. The van der Waals surface area contributed by atoms with Gasteiger partial charge in [0.2, 0.25) is 0 Å². The first-order valence-electron chi connectivity index (χ1n) is 5.05. The van der Waals surface area contributed by atoms with Crippen LogP contribution >= 0.6 is 0 Å². The third-order valence-corrected chi connectivity index (χ3v) is 2.24. The van der Waals surface area contributed by atoms with Crippen LogP contribution in [-0.2, 0) is 14.3 Å². The Labute approximate surface area is 89.9 Å². The molecule has 15 heavy (non-hydrogen) atoms. The van der Waals surface area contributed by atoms with Gasteiger partial charge < -0.3 is 9.84 Å². The van der Waals surface area contributed by atoms with Gasteiger partial charge >= 0.3 is 11.9 Å². The Kier molecular flexibility index (Phi) is 6.42. The molecule has 0 spiro atoms. The van der Waals surface area contributed by atoms with Gasteiger partial charge in [-0.25, -0.2) is 9.59 Å². The van der Waals surface area contributed by atoms with Gasteiger partial charge in [-0.05, 0) is 19.8 Å². The number of hydrogen-bond acceptors (Lipinski definition) is 3. The smallest absolute Gasteiger partial charge is 0.334 e. The van der Waals surface area contributed by atoms with Crippen molar-refractivity contribution in [3.63, 3.8) is 0 Å². The fraction of sp³-hybridized carbons (Fsp3) is 0.636. The Bertz CT molecular complexity index is 266. The summed E-state index contributed by atoms with van der Waals surface area (Å²) in [4.78, 5) is 22.0. The highest BCUT2D eigenvalue weighted by molar-refractivity contribution is 5.99. The first-order chi connectivity index (χ1) is 7.04. The number of rotatable bonds is 6. The molecule has 0 bridgehead atoms. The number of carboxylic acids is 1. The molecular weight excluding hydrogens is 196 g/mol. The number of hydrogen-bond donors (Lipinski definition) is 1. The fourth-order valence-corrected chi connectivity index (χ4v) is 1.25. The van der Waals surface area contributed by atoms with Crippen molar-refractivity contribution in [2.75, 3.05) is 7.11 Å². The SMILES string of the molecule is CCCCC/C(C(=O)OC)=C(\C)C(=O)O. The van der Waals surface area contributed by atoms with E-state index >= 15 is 0 Å². The van der Waals surface area contributed by atoms with E-state index in [1.165, 1.54) is 14.0 Å². The number of methoxy groups -OCH3 is 1. The van der Waals surface area contributed by atoms with Gasteiger partial charge in [0.15, 0.2) is 0 Å². The summed E-state index contributed by atoms with van der Waals surface area (Å²) in [5.41, 5.74) is 0.358. The van der Waals surface area contributed by atoms with Gasteiger partial charge in [0.25, 0.3) is 0 Å². The number of carbonyl (C=O) groups is 2. The van der Waals surface area contributed by atoms with Gasteiger partial charge in [0.05, 0.1) is 7.11 Å². The van der Waals surface area contributed by atoms with Gasteiger partial charge in [-0.15, -0.1) is 0 Å². The molecule has 0 saturated heterocycles. The van der Waals surface area contributed by atoms with E-state index < -0.39 is 11.9 Å². The molecule has 86 valence electrons. The average Bonchev–Trinajstić information content (AvgIpc) is 2.22. The fourth-order valence-electron chi connectivity index (χ4n) is 1.25. The minimum atomic E-state index is -1.06. The molecule has 0 unspecified atom stereocenters. The zero-order valence-corrected chi connectivity index (χ0v) is 9.50. The van der Waals surface area contributed by atoms with Gasteiger partial charge in [-0.3, -0.25) is 0 Å². The lowest BCUT2D eigenvalue weighted by Crippen LogP contribution is -2.11. The Morgan fingerprint density at radius 2 is 1.87 bits per heavy atom. The van der Waals surface area contributed by atoms with Crippen molar-refractivity contribution >= 4 is 11.9 Å². The summed E-state index contributed by atoms with van der Waals surface area (Å²) in [5, 5.41) is 8.79. The highest BCUT2D eigenvalue weighted by Crippen LogP contribution is 2.15. The van der Waals surface area contributed by atoms with Crippen LogP contribution in [0.15, 0.2) is 11.1 Å². The number of carbonyl (C=O) groups excluding carboxylic acids is 1. The van der Waals surface area contributed by atoms with Crippen LogP contribution in [0, 0.1) is 0 Å². The summed E-state index contributed by atoms with van der Waals surface area (Å²) >= 11 is 0. The minimum Gasteiger partial charge on any atom is -0.478 e. The Hall–Kier alpha value is -1.32. The molecule has 4 heteroatoms. The molecule has 0 radical (unpaired) electrons. The number of esters is 1. The molecule has 0 rings (SSSR count). The lowest BCUT2D eigenvalue weighted by Gasteiger charge is -2.07. The molecule has 0 aromatic carbocycles. The Morgan fingerprint density at radius 1 is 1.27 bits per heavy atom. The van der Waals surface area contributed by atoms with Crippen LogP contribution in [0.1, 0.15) is 39.5 Å². The predicted molar refractivity (Wildman–Crippen MR) is 56.5 cm³/mol. The van der Waals surface area contributed by atoms with Gasteiger partial charge in [-0.2, -0.15) is 0 Å². The van der Waals surface area contributed by atoms with Crippen molar-refractivity contribution < 1.29 is 19.4 Å². The number of carboxylic acid groups (broad SMARTS) is 1. The van der Waals surface area contributed by atoms with E-state index in [2.05, 4.69) is 4.74 Å². The number of unbranched alkanes of at least 4 members (excludes halogenated alkanes) is 2. The van der Waals surface area contributed by atoms with E-state index in [0.717, 1.165) is 19.3 Å². The van der Waals surface area contributed by atoms with Gasteiger partial charge in [0.1, 0.15) is 0 Å². The first kappa shape index (κ1) is 13.7. The zero-order chi connectivity index (χ0) is 11.8. The lowest BCUT2D eigenvalue weighted by atomic mass is 10.0. The highest BCUT2D eigenvalue weighted by atomic mass is 16.5. The summed E-state index contributed by atoms with van der Waals surface area (Å²) in [5.74, 6) is -1.60. The molecule has 0 aliphatic rings. The third-order valence-electron chi connectivity index (χ3n) is 2.24. The van der Waals surface area contributed by atoms with Crippen molar-refractivity contribution in [1.82, 2.24) is 0 Å². The molecule has 4 nitrogen and oxygen atoms in total. The number of aliphatic carboxylic acids is 1. The average molecular weight is 214 g/mol. The van der Waals surface area contributed by atoms with Crippen LogP contribution in [0.3, 0.4) is 0 Å². The third kappa shape index (κ3) is 4.63. The van der Waals surface area contributed by atoms with Crippen molar-refractivity contribution in [2.24, 2.45) is 0 Å². The quantitative estimate of drug-likeness (QED) is 0.418. The van der Waals surface area contributed by atoms with E-state index in [4.69, 9.17) is 5.11 Å². The second-order valence-corrected chi connectivity index (χ2v) is 3.36. The highest BCUT2D eigenvalue weighted by Gasteiger charge is 2.16. The van der Waals surface area contributed by atoms with Gasteiger partial charge in [0, 0.05) is 11.1 Å². The topological polar surface area (TPSA) is 63.6 Å². The molecule has 0 atom stereocenters. The van der Waals surface area contributed by atoms with E-state index in [-0.39, 0.29) is 11.1 Å². The second kappa shape index (κ2) is 7.04. The van der Waals surface area contributed by atoms with Crippen LogP contribution in [0.4, 0.5) is 0 Å². The standard InChI is InChI=1S/C11H18O4/c1-4-5-6-7-9(11(14)15-3)8(2)10(12)13/h4-7H2,1-3H3,(H,12,13)/b9-8-. The molecular formula is C11H18O4. The van der Waals surface area contributed by atoms with Crippen LogP contribution in [0.25, 0.3) is 0 Å². The summed E-state index contributed by atoms with van der Waals surface area (Å²) in [7, 11) is 1.26. The van der Waals surface area contributed by atoms with Crippen molar-refractivity contribution in [2.45, 2.75) is 39.5 Å². The molecule has 0 saturated carbocycles. The summed E-state index contributed by atoms with van der Waals surface area (Å²) < 4.78 is 4.55. The molecule has 1 N–H and O–H groups in total. The van der Waals surface area contributed by atoms with Gasteiger partial charge in [-0.1, -0.05) is 19.8 Å². The largest absolute Gasteiger partial charge is 0.478 e. The van der Waals surface area contributed by atoms with Crippen LogP contribution in [0.5, 0.6) is 0 Å². The monoisotopic (exact) mass is 214 g/mol. The maximum Gasteiger partial charge on any atom is 0.334 e. The molecule has 0 aliphatic carbocycles. The summed E-state index contributed by atoms with van der Waals surface area (Å²) in [6.07, 6.45) is 3.29.